The molecule has 2 heterocycles. The molecule has 2 saturated heterocycles. The zero-order chi connectivity index (χ0) is 48.5. The van der Waals surface area contributed by atoms with Gasteiger partial charge in [-0.05, 0) is 163 Å². The second kappa shape index (κ2) is 25.3. The van der Waals surface area contributed by atoms with Crippen molar-refractivity contribution < 1.29 is 59.1 Å². The molecule has 67 heavy (non-hydrogen) atoms. The first kappa shape index (κ1) is 54.9. The van der Waals surface area contributed by atoms with Crippen LogP contribution < -0.4 is 5.32 Å². The fraction of sp³-hybridized carbons (Fsp3) is 0.943. The smallest absolute Gasteiger partial charge is 0.407 e. The Morgan fingerprint density at radius 3 is 1.91 bits per heavy atom. The molecule has 388 valence electrons. The van der Waals surface area contributed by atoms with Gasteiger partial charge < -0.3 is 64.5 Å². The number of aliphatic hydroxyl groups is 6. The van der Waals surface area contributed by atoms with E-state index in [2.05, 4.69) is 50.9 Å². The molecule has 5 fully saturated rings. The molecule has 6 aliphatic rings. The van der Waals surface area contributed by atoms with Crippen LogP contribution in [0.15, 0.2) is 11.6 Å². The predicted octanol–water partition coefficient (Wildman–Crippen LogP) is 6.84. The Morgan fingerprint density at radius 1 is 0.716 bits per heavy atom. The Balaban J connectivity index is 0.890. The van der Waals surface area contributed by atoms with Gasteiger partial charge in [0.1, 0.15) is 42.7 Å². The van der Waals surface area contributed by atoms with Crippen molar-refractivity contribution in [2.24, 2.45) is 46.3 Å². The second-order valence-corrected chi connectivity index (χ2v) is 22.9. The highest BCUT2D eigenvalue weighted by Crippen LogP contribution is 2.67. The molecule has 3 saturated carbocycles. The molecule has 1 amide bonds. The number of nitrogens with zero attached hydrogens (tertiary/aromatic N) is 1. The quantitative estimate of drug-likeness (QED) is 0.0392. The Hall–Kier alpha value is -1.43. The van der Waals surface area contributed by atoms with E-state index in [0.717, 1.165) is 107 Å². The van der Waals surface area contributed by atoms with Crippen molar-refractivity contribution in [2.45, 2.75) is 232 Å². The van der Waals surface area contributed by atoms with Gasteiger partial charge in [-0.1, -0.05) is 72.0 Å². The van der Waals surface area contributed by atoms with Crippen LogP contribution in [0.5, 0.6) is 0 Å². The zero-order valence-corrected chi connectivity index (χ0v) is 42.4. The zero-order valence-electron chi connectivity index (χ0n) is 42.4. The van der Waals surface area contributed by atoms with Crippen molar-refractivity contribution in [2.75, 3.05) is 39.4 Å². The van der Waals surface area contributed by atoms with E-state index in [0.29, 0.717) is 38.0 Å². The fourth-order valence-corrected chi connectivity index (χ4v) is 13.7. The number of hydrogen-bond donors (Lipinski definition) is 7. The van der Waals surface area contributed by atoms with Crippen LogP contribution in [0.2, 0.25) is 0 Å². The van der Waals surface area contributed by atoms with Crippen molar-refractivity contribution in [1.29, 1.82) is 0 Å². The summed E-state index contributed by atoms with van der Waals surface area (Å²) in [4.78, 5) is 15.5. The van der Waals surface area contributed by atoms with Crippen LogP contribution in [0.1, 0.15) is 164 Å². The summed E-state index contributed by atoms with van der Waals surface area (Å²) in [5.41, 5.74) is 2.25. The SMILES string of the molecule is CC(C)CCC[C@@H](C)C1CC[C@H]2[C@@H]3CC=C4C[C@H](OC(=O)NCCCCCN(CCCCO[C@H]5O[C@@H](C)[C@H](O)[C@@H](O)[C@H]5O)CCCCO[C@H]5O[C@@H](C)[C@H](O)[C@@H](O)[C@H]5O)CC[C@]4(C)[C@H]3CC[C@]12C. The highest BCUT2D eigenvalue weighted by Gasteiger charge is 2.59. The molecule has 0 aromatic heterocycles. The Kier molecular flexibility index (Phi) is 20.7. The van der Waals surface area contributed by atoms with E-state index in [-0.39, 0.29) is 17.6 Å². The fourth-order valence-electron chi connectivity index (χ4n) is 13.7. The van der Waals surface area contributed by atoms with E-state index >= 15 is 0 Å². The number of alkyl carbamates (subject to hydrolysis) is 1. The summed E-state index contributed by atoms with van der Waals surface area (Å²) in [5, 5.41) is 63.9. The number of hydrogen-bond acceptors (Lipinski definition) is 13. The van der Waals surface area contributed by atoms with E-state index in [9.17, 15) is 35.4 Å². The lowest BCUT2D eigenvalue weighted by molar-refractivity contribution is -0.293. The third-order valence-electron chi connectivity index (χ3n) is 17.9. The average molecular weight is 951 g/mol. The molecular weight excluding hydrogens is 857 g/mol. The Labute approximate surface area is 403 Å². The van der Waals surface area contributed by atoms with Gasteiger partial charge in [0, 0.05) is 26.2 Å². The lowest BCUT2D eigenvalue weighted by atomic mass is 9.47. The summed E-state index contributed by atoms with van der Waals surface area (Å²) in [6, 6.07) is 0. The molecule has 1 unspecified atom stereocenters. The number of unbranched alkanes of at least 4 members (excludes halogenated alkanes) is 4. The highest BCUT2D eigenvalue weighted by molar-refractivity contribution is 5.67. The van der Waals surface area contributed by atoms with E-state index in [1.54, 1.807) is 19.4 Å². The van der Waals surface area contributed by atoms with Gasteiger partial charge in [0.25, 0.3) is 0 Å². The highest BCUT2D eigenvalue weighted by atomic mass is 16.7. The maximum Gasteiger partial charge on any atom is 0.407 e. The van der Waals surface area contributed by atoms with Gasteiger partial charge in [-0.25, -0.2) is 4.79 Å². The first-order valence-corrected chi connectivity index (χ1v) is 26.9. The number of aliphatic hydroxyl groups excluding tert-OH is 6. The summed E-state index contributed by atoms with van der Waals surface area (Å²) < 4.78 is 28.7. The first-order valence-electron chi connectivity index (χ1n) is 26.9. The molecule has 6 rings (SSSR count). The molecule has 18 atom stereocenters. The lowest BCUT2D eigenvalue weighted by Crippen LogP contribution is -2.57. The van der Waals surface area contributed by atoms with Crippen molar-refractivity contribution in [3.8, 4) is 0 Å². The number of amides is 1. The lowest BCUT2D eigenvalue weighted by Gasteiger charge is -2.58. The summed E-state index contributed by atoms with van der Waals surface area (Å²) >= 11 is 0. The minimum atomic E-state index is -1.33. The number of carbonyl (C=O) groups excluding carboxylic acids is 1. The van der Waals surface area contributed by atoms with Crippen LogP contribution in [0.4, 0.5) is 4.79 Å². The molecule has 0 radical (unpaired) electrons. The van der Waals surface area contributed by atoms with Crippen LogP contribution in [0.3, 0.4) is 0 Å². The predicted molar refractivity (Wildman–Crippen MR) is 257 cm³/mol. The van der Waals surface area contributed by atoms with Crippen LogP contribution in [0, 0.1) is 46.3 Å². The summed E-state index contributed by atoms with van der Waals surface area (Å²) in [5.74, 6) is 4.86. The van der Waals surface area contributed by atoms with Gasteiger partial charge in [0.05, 0.1) is 12.2 Å². The van der Waals surface area contributed by atoms with Crippen molar-refractivity contribution >= 4 is 6.09 Å². The van der Waals surface area contributed by atoms with E-state index in [4.69, 9.17) is 23.7 Å². The Bertz CT molecular complexity index is 1490. The van der Waals surface area contributed by atoms with Gasteiger partial charge in [0.15, 0.2) is 12.6 Å². The maximum atomic E-state index is 13.1. The molecule has 0 bridgehead atoms. The third kappa shape index (κ3) is 13.8. The van der Waals surface area contributed by atoms with Crippen LogP contribution in [0.25, 0.3) is 0 Å². The van der Waals surface area contributed by atoms with Gasteiger partial charge in [-0.3, -0.25) is 0 Å². The molecule has 0 aromatic rings. The molecule has 0 aromatic carbocycles. The van der Waals surface area contributed by atoms with Crippen LogP contribution >= 0.6 is 0 Å². The summed E-state index contributed by atoms with van der Waals surface area (Å²) in [6.45, 7) is 19.5. The molecular formula is C53H94N2O12. The van der Waals surface area contributed by atoms with E-state index < -0.39 is 61.4 Å². The molecule has 7 N–H and O–H groups in total. The monoisotopic (exact) mass is 951 g/mol. The normalized spacial score (nSPS) is 40.2. The van der Waals surface area contributed by atoms with Gasteiger partial charge in [-0.15, -0.1) is 0 Å². The number of ether oxygens (including phenoxy) is 5. The maximum absolute atomic E-state index is 13.1. The van der Waals surface area contributed by atoms with Gasteiger partial charge in [0.2, 0.25) is 0 Å². The third-order valence-corrected chi connectivity index (χ3v) is 17.9. The summed E-state index contributed by atoms with van der Waals surface area (Å²) in [6.07, 6.45) is 10.9. The molecule has 14 heteroatoms. The van der Waals surface area contributed by atoms with Gasteiger partial charge >= 0.3 is 6.09 Å². The molecule has 0 spiro atoms. The largest absolute Gasteiger partial charge is 0.446 e. The minimum Gasteiger partial charge on any atom is -0.446 e. The number of fused-ring (bicyclic) bond motifs is 5. The van der Waals surface area contributed by atoms with Crippen LogP contribution in [-0.4, -0.2) is 149 Å². The van der Waals surface area contributed by atoms with E-state index in [1.165, 1.54) is 51.4 Å². The average Bonchev–Trinajstić information content (AvgIpc) is 3.66. The van der Waals surface area contributed by atoms with Crippen LogP contribution in [-0.2, 0) is 23.7 Å². The topological polar surface area (TPSA) is 200 Å². The summed E-state index contributed by atoms with van der Waals surface area (Å²) in [7, 11) is 0. The van der Waals surface area contributed by atoms with Gasteiger partial charge in [-0.2, -0.15) is 0 Å². The van der Waals surface area contributed by atoms with E-state index in [1.807, 2.05) is 0 Å². The number of allylic oxidation sites excluding steroid dienone is 1. The van der Waals surface area contributed by atoms with Crippen molar-refractivity contribution in [1.82, 2.24) is 10.2 Å². The number of rotatable bonds is 24. The number of nitrogens with one attached hydrogen (secondary N) is 1. The Morgan fingerprint density at radius 2 is 1.31 bits per heavy atom. The number of carbonyl (C=O) groups is 1. The molecule has 2 aliphatic heterocycles. The minimum absolute atomic E-state index is 0.0664. The molecule has 14 nitrogen and oxygen atoms in total. The second-order valence-electron chi connectivity index (χ2n) is 22.9. The molecule has 4 aliphatic carbocycles. The first-order chi connectivity index (χ1) is 31.9. The van der Waals surface area contributed by atoms with Crippen molar-refractivity contribution in [3.63, 3.8) is 0 Å². The van der Waals surface area contributed by atoms with Crippen molar-refractivity contribution in [3.05, 3.63) is 11.6 Å². The standard InChI is InChI=1S/C53H94N2O12/c1-33(2)16-15-17-34(3)40-20-21-41-39-19-18-37-32-38(22-24-52(37,6)42(39)23-25-53(40,41)7)67-51(62)54-26-9-8-10-27-55(28-11-13-30-63-49-47(60)45(58)43(56)35(4)65-49)29-12-14-31-64-50-48(61)46(59)44(57)36(5)66-50/h18,33-36,38-50,56-61H,8-17,19-32H2,1-7H3,(H,54,62)/t34-,35+,36+,38-,39+,40?,41+,42+,43+,44+,45-,46-,47-,48-,49+,50+,52+,53-/m1/s1.